The lowest BCUT2D eigenvalue weighted by Crippen LogP contribution is -2.40. The van der Waals surface area contributed by atoms with Crippen LogP contribution in [0, 0.1) is 5.82 Å². The van der Waals surface area contributed by atoms with E-state index in [0.29, 0.717) is 30.6 Å². The molecule has 7 heteroatoms. The van der Waals surface area contributed by atoms with Gasteiger partial charge in [-0.25, -0.2) is 4.39 Å². The van der Waals surface area contributed by atoms with Gasteiger partial charge >= 0.3 is 0 Å². The van der Waals surface area contributed by atoms with Gasteiger partial charge in [0.25, 0.3) is 0 Å². The van der Waals surface area contributed by atoms with Crippen LogP contribution in [-0.4, -0.2) is 46.5 Å². The number of aliphatic hydroxyl groups is 1. The first-order valence-corrected chi connectivity index (χ1v) is 9.00. The Morgan fingerprint density at radius 2 is 1.86 bits per heavy atom. The molecule has 1 saturated heterocycles. The molecule has 3 N–H and O–H groups in total. The zero-order valence-electron chi connectivity index (χ0n) is 15.2. The Bertz CT molecular complexity index is 1090. The topological polar surface area (TPSA) is 94.1 Å². The number of likely N-dealkylation sites (N-methyl/N-ethyl adjacent to an activating group) is 1. The van der Waals surface area contributed by atoms with E-state index in [1.807, 2.05) is 11.9 Å². The van der Waals surface area contributed by atoms with Crippen molar-refractivity contribution in [3.8, 4) is 22.8 Å². The first-order valence-electron chi connectivity index (χ1n) is 9.00. The molecule has 2 atom stereocenters. The number of hydrogen-bond donors (Lipinski definition) is 3. The molecule has 0 spiro atoms. The largest absolute Gasteiger partial charge is 0.507 e. The van der Waals surface area contributed by atoms with Crippen LogP contribution in [0.5, 0.6) is 11.5 Å². The minimum atomic E-state index is -0.767. The smallest absolute Gasteiger partial charge is 0.197 e. The Morgan fingerprint density at radius 3 is 2.54 bits per heavy atom. The summed E-state index contributed by atoms with van der Waals surface area (Å²) in [6.07, 6.45) is -0.215. The van der Waals surface area contributed by atoms with Gasteiger partial charge in [0, 0.05) is 35.7 Å². The van der Waals surface area contributed by atoms with Crippen molar-refractivity contribution in [1.82, 2.24) is 4.90 Å². The maximum absolute atomic E-state index is 13.2. The molecular weight excluding hydrogens is 365 g/mol. The van der Waals surface area contributed by atoms with Gasteiger partial charge in [-0.05, 0) is 44.3 Å². The molecule has 28 heavy (non-hydrogen) atoms. The molecule has 6 nitrogen and oxygen atoms in total. The van der Waals surface area contributed by atoms with Crippen molar-refractivity contribution < 1.29 is 24.1 Å². The van der Waals surface area contributed by atoms with Gasteiger partial charge < -0.3 is 24.6 Å². The molecule has 1 fully saturated rings. The van der Waals surface area contributed by atoms with Crippen molar-refractivity contribution >= 4 is 11.0 Å². The molecule has 1 aliphatic heterocycles. The summed E-state index contributed by atoms with van der Waals surface area (Å²) in [5.74, 6) is -1.31. The number of nitrogens with zero attached hydrogens (tertiary/aromatic N) is 1. The lowest BCUT2D eigenvalue weighted by atomic mass is 9.85. The zero-order valence-corrected chi connectivity index (χ0v) is 15.2. The van der Waals surface area contributed by atoms with Gasteiger partial charge in [-0.2, -0.15) is 0 Å². The Labute approximate surface area is 160 Å². The number of phenols is 2. The van der Waals surface area contributed by atoms with Crippen LogP contribution in [0.4, 0.5) is 4.39 Å². The predicted octanol–water partition coefficient (Wildman–Crippen LogP) is 2.79. The second-order valence-corrected chi connectivity index (χ2v) is 7.24. The molecule has 0 amide bonds. The van der Waals surface area contributed by atoms with Gasteiger partial charge in [-0.15, -0.1) is 0 Å². The molecule has 1 aliphatic rings. The fourth-order valence-corrected chi connectivity index (χ4v) is 3.86. The van der Waals surface area contributed by atoms with Crippen LogP contribution < -0.4 is 5.43 Å². The number of benzene rings is 2. The third kappa shape index (κ3) is 3.12. The molecular formula is C21H20FNO5. The summed E-state index contributed by atoms with van der Waals surface area (Å²) in [5, 5.41) is 31.2. The molecule has 0 radical (unpaired) electrons. The highest BCUT2D eigenvalue weighted by Crippen LogP contribution is 2.42. The maximum atomic E-state index is 13.2. The Balaban J connectivity index is 1.96. The number of fused-ring (bicyclic) bond motifs is 1. The summed E-state index contributed by atoms with van der Waals surface area (Å²) in [7, 11) is 1.89. The van der Waals surface area contributed by atoms with E-state index in [0.717, 1.165) is 6.07 Å². The first-order chi connectivity index (χ1) is 13.3. The van der Waals surface area contributed by atoms with E-state index >= 15 is 0 Å². The second kappa shape index (κ2) is 6.92. The molecule has 146 valence electrons. The van der Waals surface area contributed by atoms with Crippen LogP contribution in [0.1, 0.15) is 17.9 Å². The van der Waals surface area contributed by atoms with Gasteiger partial charge in [0.05, 0.1) is 6.10 Å². The fraction of sp³-hybridized carbons (Fsp3) is 0.286. The van der Waals surface area contributed by atoms with Gasteiger partial charge in [0.1, 0.15) is 34.0 Å². The third-order valence-electron chi connectivity index (χ3n) is 5.28. The number of β-amino-alcohol motifs (C(OH)–C–C–N with tert-alkyl or cyclic N) is 1. The number of likely N-dealkylation sites (tertiary alicyclic amines) is 1. The summed E-state index contributed by atoms with van der Waals surface area (Å²) in [4.78, 5) is 14.7. The average Bonchev–Trinajstić information content (AvgIpc) is 2.63. The predicted molar refractivity (Wildman–Crippen MR) is 102 cm³/mol. The molecule has 2 aromatic carbocycles. The van der Waals surface area contributed by atoms with Crippen molar-refractivity contribution in [2.24, 2.45) is 0 Å². The van der Waals surface area contributed by atoms with Crippen LogP contribution >= 0.6 is 0 Å². The number of hydrogen-bond acceptors (Lipinski definition) is 6. The van der Waals surface area contributed by atoms with E-state index in [1.165, 1.54) is 30.3 Å². The van der Waals surface area contributed by atoms with Crippen molar-refractivity contribution in [2.75, 3.05) is 20.1 Å². The van der Waals surface area contributed by atoms with Gasteiger partial charge in [0.15, 0.2) is 5.43 Å². The number of phenolic OH excluding ortho intramolecular Hbond substituents is 2. The van der Waals surface area contributed by atoms with Crippen LogP contribution in [0.2, 0.25) is 0 Å². The summed E-state index contributed by atoms with van der Waals surface area (Å²) in [6, 6.07) is 7.79. The van der Waals surface area contributed by atoms with E-state index in [9.17, 15) is 24.5 Å². The monoisotopic (exact) mass is 385 g/mol. The highest BCUT2D eigenvalue weighted by molar-refractivity contribution is 5.89. The minimum absolute atomic E-state index is 0.0397. The average molecular weight is 385 g/mol. The summed E-state index contributed by atoms with van der Waals surface area (Å²) in [5.41, 5.74) is 0.340. The molecule has 0 saturated carbocycles. The molecule has 0 unspecified atom stereocenters. The summed E-state index contributed by atoms with van der Waals surface area (Å²) in [6.45, 7) is 1.11. The molecule has 3 aromatic rings. The number of aromatic hydroxyl groups is 2. The van der Waals surface area contributed by atoms with E-state index in [-0.39, 0.29) is 22.5 Å². The fourth-order valence-electron chi connectivity index (χ4n) is 3.86. The van der Waals surface area contributed by atoms with E-state index < -0.39 is 29.0 Å². The molecule has 1 aromatic heterocycles. The molecule has 4 rings (SSSR count). The lowest BCUT2D eigenvalue weighted by molar-refractivity contribution is 0.0630. The summed E-state index contributed by atoms with van der Waals surface area (Å²) < 4.78 is 19.2. The van der Waals surface area contributed by atoms with Crippen LogP contribution in [0.15, 0.2) is 45.6 Å². The number of piperidine rings is 1. The molecule has 2 heterocycles. The Hall–Kier alpha value is -2.90. The highest BCUT2D eigenvalue weighted by Gasteiger charge is 2.33. The van der Waals surface area contributed by atoms with Crippen LogP contribution in [0.3, 0.4) is 0 Å². The van der Waals surface area contributed by atoms with E-state index in [1.54, 1.807) is 0 Å². The molecule has 0 aliphatic carbocycles. The highest BCUT2D eigenvalue weighted by atomic mass is 19.1. The maximum Gasteiger partial charge on any atom is 0.197 e. The SMILES string of the molecule is CN1CC[C@H](c2c(O)cc(O)c3c(=O)cc(-c4ccc(F)cc4)oc23)[C@H](O)C1. The normalized spacial score (nSPS) is 20.5. The van der Waals surface area contributed by atoms with Crippen LogP contribution in [-0.2, 0) is 0 Å². The number of halogens is 1. The van der Waals surface area contributed by atoms with Crippen molar-refractivity contribution in [3.05, 3.63) is 58.0 Å². The first kappa shape index (κ1) is 18.5. The molecule has 0 bridgehead atoms. The van der Waals surface area contributed by atoms with Crippen molar-refractivity contribution in [1.29, 1.82) is 0 Å². The lowest BCUT2D eigenvalue weighted by Gasteiger charge is -2.34. The van der Waals surface area contributed by atoms with Crippen molar-refractivity contribution in [2.45, 2.75) is 18.4 Å². The summed E-state index contributed by atoms with van der Waals surface area (Å²) >= 11 is 0. The Morgan fingerprint density at radius 1 is 1.14 bits per heavy atom. The van der Waals surface area contributed by atoms with E-state index in [4.69, 9.17) is 4.42 Å². The standard InChI is InChI=1S/C21H20FNO5/c1-23-7-6-13(17(27)10-23)19-14(24)8-15(25)20-16(26)9-18(28-21(19)20)11-2-4-12(22)5-3-11/h2-5,8-9,13,17,24-25,27H,6-7,10H2,1H3/t13-,17+/m0/s1. The van der Waals surface area contributed by atoms with Crippen molar-refractivity contribution in [3.63, 3.8) is 0 Å². The zero-order chi connectivity index (χ0) is 20.0. The minimum Gasteiger partial charge on any atom is -0.507 e. The number of rotatable bonds is 2. The Kier molecular flexibility index (Phi) is 4.56. The third-order valence-corrected chi connectivity index (χ3v) is 5.28. The van der Waals surface area contributed by atoms with Gasteiger partial charge in [-0.3, -0.25) is 4.79 Å². The van der Waals surface area contributed by atoms with Gasteiger partial charge in [-0.1, -0.05) is 0 Å². The van der Waals surface area contributed by atoms with Crippen LogP contribution in [0.25, 0.3) is 22.3 Å². The number of aliphatic hydroxyl groups excluding tert-OH is 1. The quantitative estimate of drug-likeness (QED) is 0.628. The van der Waals surface area contributed by atoms with Gasteiger partial charge in [0.2, 0.25) is 0 Å². The second-order valence-electron chi connectivity index (χ2n) is 7.24. The van der Waals surface area contributed by atoms with E-state index in [2.05, 4.69) is 0 Å².